The van der Waals surface area contributed by atoms with E-state index in [9.17, 15) is 0 Å². The molecular weight excluding hydrogens is 865 g/mol. The molecule has 0 bridgehead atoms. The van der Waals surface area contributed by atoms with Crippen LogP contribution in [0.3, 0.4) is 0 Å². The minimum Gasteiger partial charge on any atom is -0.0622 e. The topological polar surface area (TPSA) is 0 Å². The number of fused-ring (bicyclic) bond motifs is 12. The fraction of sp³-hybridized carbons (Fsp3) is 0. The SMILES string of the molecule is c1ccc(-c2ccc3c(c2-c2ccccc2)-c2c(-c4ccccc4)c(-c4ccccc4)c(-c4ccccc4)c(-c4ccccc4)c2-c2ccccc2-c2ccccc2-c2ccccc2-c2ccccc2-3)cc1. The zero-order valence-electron chi connectivity index (χ0n) is 39.7. The first-order chi connectivity index (χ1) is 35.8. The maximum absolute atomic E-state index is 2.42. The molecule has 0 spiro atoms. The summed E-state index contributed by atoms with van der Waals surface area (Å²) in [5.74, 6) is 0. The van der Waals surface area contributed by atoms with Crippen LogP contribution >= 0.6 is 0 Å². The van der Waals surface area contributed by atoms with Gasteiger partial charge in [0.2, 0.25) is 0 Å². The monoisotopic (exact) mass is 912 g/mol. The Bertz CT molecular complexity index is 3910. The third-order valence-corrected chi connectivity index (χ3v) is 14.5. The average Bonchev–Trinajstić information content (AvgIpc) is 3.47. The van der Waals surface area contributed by atoms with Gasteiger partial charge in [-0.3, -0.25) is 0 Å². The minimum absolute atomic E-state index is 1.14. The van der Waals surface area contributed by atoms with E-state index in [-0.39, 0.29) is 0 Å². The number of hydrogen-bond acceptors (Lipinski definition) is 0. The van der Waals surface area contributed by atoms with Crippen molar-refractivity contribution in [3.8, 4) is 134 Å². The van der Waals surface area contributed by atoms with E-state index in [4.69, 9.17) is 0 Å². The van der Waals surface area contributed by atoms with Crippen LogP contribution in [-0.2, 0) is 0 Å². The van der Waals surface area contributed by atoms with Crippen molar-refractivity contribution >= 4 is 0 Å². The van der Waals surface area contributed by atoms with Crippen molar-refractivity contribution in [2.45, 2.75) is 0 Å². The van der Waals surface area contributed by atoms with Gasteiger partial charge in [0.25, 0.3) is 0 Å². The quantitative estimate of drug-likeness (QED) is 0.156. The summed E-state index contributed by atoms with van der Waals surface area (Å²) in [4.78, 5) is 0. The van der Waals surface area contributed by atoms with Crippen LogP contribution in [0.1, 0.15) is 0 Å². The second-order valence-electron chi connectivity index (χ2n) is 18.5. The van der Waals surface area contributed by atoms with E-state index in [0.29, 0.717) is 0 Å². The van der Waals surface area contributed by atoms with Gasteiger partial charge in [-0.15, -0.1) is 0 Å². The van der Waals surface area contributed by atoms with Crippen LogP contribution in [0.25, 0.3) is 134 Å². The molecule has 336 valence electrons. The minimum atomic E-state index is 1.14. The smallest absolute Gasteiger partial charge is 0.0000940 e. The molecule has 0 radical (unpaired) electrons. The van der Waals surface area contributed by atoms with Crippen LogP contribution in [0.15, 0.2) is 291 Å². The normalized spacial score (nSPS) is 11.3. The second-order valence-corrected chi connectivity index (χ2v) is 18.5. The first-order valence-corrected chi connectivity index (χ1v) is 24.9. The van der Waals surface area contributed by atoms with Gasteiger partial charge in [-0.1, -0.05) is 291 Å². The van der Waals surface area contributed by atoms with Crippen molar-refractivity contribution in [2.24, 2.45) is 0 Å². The molecule has 0 saturated carbocycles. The van der Waals surface area contributed by atoms with E-state index >= 15 is 0 Å². The first-order valence-electron chi connectivity index (χ1n) is 24.9. The first kappa shape index (κ1) is 42.7. The van der Waals surface area contributed by atoms with Gasteiger partial charge in [-0.05, 0) is 134 Å². The Morgan fingerprint density at radius 3 is 0.667 bits per heavy atom. The molecule has 0 nitrogen and oxygen atoms in total. The highest BCUT2D eigenvalue weighted by Crippen LogP contribution is 2.61. The second kappa shape index (κ2) is 18.5. The molecular formula is C72H48. The molecule has 0 heteroatoms. The van der Waals surface area contributed by atoms with Gasteiger partial charge in [0.15, 0.2) is 0 Å². The van der Waals surface area contributed by atoms with E-state index in [0.717, 1.165) is 44.5 Å². The Hall–Kier alpha value is -9.36. The van der Waals surface area contributed by atoms with Gasteiger partial charge >= 0.3 is 0 Å². The summed E-state index contributed by atoms with van der Waals surface area (Å²) in [6.45, 7) is 0. The summed E-state index contributed by atoms with van der Waals surface area (Å²) >= 11 is 0. The number of rotatable bonds is 6. The summed E-state index contributed by atoms with van der Waals surface area (Å²) in [6.07, 6.45) is 0. The lowest BCUT2D eigenvalue weighted by Crippen LogP contribution is -2.05. The molecule has 72 heavy (non-hydrogen) atoms. The van der Waals surface area contributed by atoms with Gasteiger partial charge in [0, 0.05) is 0 Å². The molecule has 0 heterocycles. The molecule has 1 aliphatic carbocycles. The Morgan fingerprint density at radius 1 is 0.0972 bits per heavy atom. The van der Waals surface area contributed by atoms with Gasteiger partial charge < -0.3 is 0 Å². The highest BCUT2D eigenvalue weighted by Gasteiger charge is 2.34. The standard InChI is InChI=1S/C72H48/c1-7-27-49(28-8-1)55-47-48-64-62-45-24-23-43-60(62)58-41-20-19-39-56(58)57-40-21-22-42-59(57)61-44-25-26-46-63(61)71-68(53-35-15-5-16-36-53)66(51-31-11-3-12-32-51)67(52-33-13-4-14-34-52)69(54-37-17-6-18-38-54)72(71)70(64)65(55)50-29-9-2-10-30-50/h1-48H. The maximum atomic E-state index is 2.42. The maximum Gasteiger partial charge on any atom is -0.0000940 e. The van der Waals surface area contributed by atoms with Crippen molar-refractivity contribution in [3.05, 3.63) is 291 Å². The number of benzene rings is 12. The van der Waals surface area contributed by atoms with Crippen molar-refractivity contribution in [3.63, 3.8) is 0 Å². The van der Waals surface area contributed by atoms with Crippen LogP contribution in [0.4, 0.5) is 0 Å². The van der Waals surface area contributed by atoms with Crippen molar-refractivity contribution in [2.75, 3.05) is 0 Å². The Kier molecular flexibility index (Phi) is 11.0. The molecule has 12 aromatic carbocycles. The van der Waals surface area contributed by atoms with Crippen LogP contribution in [-0.4, -0.2) is 0 Å². The molecule has 0 aromatic heterocycles. The predicted octanol–water partition coefficient (Wildman–Crippen LogP) is 20.0. The molecule has 0 fully saturated rings. The van der Waals surface area contributed by atoms with Crippen LogP contribution in [0, 0.1) is 0 Å². The Labute approximate surface area is 422 Å². The third kappa shape index (κ3) is 7.32. The lowest BCUT2D eigenvalue weighted by Gasteiger charge is -2.32. The fourth-order valence-electron chi connectivity index (χ4n) is 11.5. The molecule has 1 aliphatic rings. The lowest BCUT2D eigenvalue weighted by molar-refractivity contribution is 1.49. The molecule has 0 unspecified atom stereocenters. The van der Waals surface area contributed by atoms with Crippen molar-refractivity contribution in [1.82, 2.24) is 0 Å². The Morgan fingerprint density at radius 2 is 0.319 bits per heavy atom. The third-order valence-electron chi connectivity index (χ3n) is 14.5. The highest BCUT2D eigenvalue weighted by molar-refractivity contribution is 6.21. The van der Waals surface area contributed by atoms with Crippen molar-refractivity contribution in [1.29, 1.82) is 0 Å². The van der Waals surface area contributed by atoms with Gasteiger partial charge in [-0.25, -0.2) is 0 Å². The van der Waals surface area contributed by atoms with Crippen molar-refractivity contribution < 1.29 is 0 Å². The van der Waals surface area contributed by atoms with E-state index < -0.39 is 0 Å². The molecule has 0 amide bonds. The van der Waals surface area contributed by atoms with Crippen LogP contribution in [0.2, 0.25) is 0 Å². The van der Waals surface area contributed by atoms with E-state index in [2.05, 4.69) is 291 Å². The molecule has 0 atom stereocenters. The Balaban J connectivity index is 1.40. The van der Waals surface area contributed by atoms with Gasteiger partial charge in [0.1, 0.15) is 0 Å². The predicted molar refractivity (Wildman–Crippen MR) is 305 cm³/mol. The fourth-order valence-corrected chi connectivity index (χ4v) is 11.5. The van der Waals surface area contributed by atoms with Crippen LogP contribution in [0.5, 0.6) is 0 Å². The summed E-state index contributed by atoms with van der Waals surface area (Å²) < 4.78 is 0. The van der Waals surface area contributed by atoms with Crippen LogP contribution < -0.4 is 0 Å². The van der Waals surface area contributed by atoms with E-state index in [1.807, 2.05) is 0 Å². The average molecular weight is 913 g/mol. The lowest BCUT2D eigenvalue weighted by atomic mass is 9.70. The van der Waals surface area contributed by atoms with E-state index in [1.54, 1.807) is 0 Å². The van der Waals surface area contributed by atoms with E-state index in [1.165, 1.54) is 89.0 Å². The highest BCUT2D eigenvalue weighted by atomic mass is 14.4. The summed E-state index contributed by atoms with van der Waals surface area (Å²) in [5.41, 5.74) is 28.1. The summed E-state index contributed by atoms with van der Waals surface area (Å²) in [5, 5.41) is 0. The molecule has 0 aliphatic heterocycles. The largest absolute Gasteiger partial charge is 0.0622 e. The zero-order valence-corrected chi connectivity index (χ0v) is 39.7. The molecule has 12 aromatic rings. The van der Waals surface area contributed by atoms with Gasteiger partial charge in [-0.2, -0.15) is 0 Å². The molecule has 0 N–H and O–H groups in total. The summed E-state index contributed by atoms with van der Waals surface area (Å²) in [6, 6.07) is 108. The number of hydrogen-bond donors (Lipinski definition) is 0. The molecule has 13 rings (SSSR count). The zero-order chi connectivity index (χ0) is 47.8. The molecule has 0 saturated heterocycles. The van der Waals surface area contributed by atoms with Gasteiger partial charge in [0.05, 0.1) is 0 Å². The summed E-state index contributed by atoms with van der Waals surface area (Å²) in [7, 11) is 0.